The van der Waals surface area contributed by atoms with Crippen molar-refractivity contribution in [2.75, 3.05) is 25.2 Å². The molecule has 4 rings (SSSR count). The Kier molecular flexibility index (Phi) is 5.09. The molecule has 0 spiro atoms. The van der Waals surface area contributed by atoms with Crippen molar-refractivity contribution in [2.45, 2.75) is 0 Å². The van der Waals surface area contributed by atoms with Gasteiger partial charge >= 0.3 is 0 Å². The van der Waals surface area contributed by atoms with Crippen molar-refractivity contribution in [3.05, 3.63) is 60.8 Å². The van der Waals surface area contributed by atoms with Crippen molar-refractivity contribution in [2.24, 2.45) is 7.05 Å². The Labute approximate surface area is 167 Å². The van der Waals surface area contributed by atoms with Gasteiger partial charge in [0.25, 0.3) is 0 Å². The summed E-state index contributed by atoms with van der Waals surface area (Å²) in [5, 5.41) is 13.7. The summed E-state index contributed by atoms with van der Waals surface area (Å²) in [6, 6.07) is 10.0. The van der Waals surface area contributed by atoms with Crippen LogP contribution in [0.25, 0.3) is 22.3 Å². The molecule has 0 unspecified atom stereocenters. The molecule has 148 valence electrons. The van der Waals surface area contributed by atoms with Gasteiger partial charge in [0, 0.05) is 48.9 Å². The summed E-state index contributed by atoms with van der Waals surface area (Å²) >= 11 is 0. The van der Waals surface area contributed by atoms with Crippen LogP contribution in [0.5, 0.6) is 5.75 Å². The lowest BCUT2D eigenvalue weighted by atomic mass is 10.2. The molecule has 1 N–H and O–H groups in total. The summed E-state index contributed by atoms with van der Waals surface area (Å²) in [5.41, 5.74) is 4.35. The van der Waals surface area contributed by atoms with Crippen LogP contribution in [-0.4, -0.2) is 45.1 Å². The minimum absolute atomic E-state index is 0.0989. The third-order valence-corrected chi connectivity index (χ3v) is 4.57. The van der Waals surface area contributed by atoms with E-state index in [2.05, 4.69) is 10.1 Å². The molecular weight excluding hydrogens is 373 g/mol. The highest BCUT2D eigenvalue weighted by Crippen LogP contribution is 2.31. The lowest BCUT2D eigenvalue weighted by molar-refractivity contribution is 0.305. The number of aromatic nitrogens is 4. The van der Waals surface area contributed by atoms with Crippen LogP contribution in [0.2, 0.25) is 0 Å². The average Bonchev–Trinajstić information content (AvgIpc) is 3.17. The molecule has 2 aromatic carbocycles. The fourth-order valence-electron chi connectivity index (χ4n) is 3.19. The van der Waals surface area contributed by atoms with Crippen LogP contribution in [-0.2, 0) is 7.05 Å². The topological polar surface area (TPSA) is 76.3 Å². The molecule has 0 radical (unpaired) electrons. The number of hydrogen-bond donors (Lipinski definition) is 1. The highest BCUT2D eigenvalue weighted by Gasteiger charge is 2.14. The number of aryl methyl sites for hydroxylation is 1. The van der Waals surface area contributed by atoms with Gasteiger partial charge in [-0.15, -0.1) is 0 Å². The molecule has 0 saturated carbocycles. The zero-order valence-electron chi connectivity index (χ0n) is 16.1. The number of rotatable bonds is 6. The first-order valence-corrected chi connectivity index (χ1v) is 9.06. The van der Waals surface area contributed by atoms with E-state index in [1.807, 2.05) is 36.3 Å². The minimum Gasteiger partial charge on any atom is -0.497 e. The SMILES string of the molecule is COc1cc(F)cc(N(CCO)c2ccc3ncc(-c4cnn(C)c4)nc3c2)c1. The second kappa shape index (κ2) is 7.84. The van der Waals surface area contributed by atoms with E-state index < -0.39 is 5.82 Å². The Bertz CT molecular complexity index is 1160. The summed E-state index contributed by atoms with van der Waals surface area (Å²) in [5.74, 6) is -0.0101. The standard InChI is InChI=1S/C21H20FN5O2/c1-26-13-14(11-24-26)21-12-23-19-4-3-16(10-20(19)25-21)27(5-6-28)17-7-15(22)8-18(9-17)29-2/h3-4,7-13,28H,5-6H2,1-2H3. The van der Waals surface area contributed by atoms with E-state index in [-0.39, 0.29) is 13.2 Å². The highest BCUT2D eigenvalue weighted by molar-refractivity contribution is 5.82. The Morgan fingerprint density at radius 3 is 2.69 bits per heavy atom. The van der Waals surface area contributed by atoms with E-state index in [1.165, 1.54) is 19.2 Å². The number of fused-ring (bicyclic) bond motifs is 1. The minimum atomic E-state index is -0.415. The fraction of sp³-hybridized carbons (Fsp3) is 0.190. The molecule has 7 nitrogen and oxygen atoms in total. The van der Waals surface area contributed by atoms with Crippen LogP contribution < -0.4 is 9.64 Å². The third kappa shape index (κ3) is 3.88. The van der Waals surface area contributed by atoms with Crippen molar-refractivity contribution >= 4 is 22.4 Å². The molecule has 29 heavy (non-hydrogen) atoms. The third-order valence-electron chi connectivity index (χ3n) is 4.57. The van der Waals surface area contributed by atoms with Gasteiger partial charge in [0.15, 0.2) is 0 Å². The van der Waals surface area contributed by atoms with E-state index in [4.69, 9.17) is 9.72 Å². The fourth-order valence-corrected chi connectivity index (χ4v) is 3.19. The van der Waals surface area contributed by atoms with Crippen LogP contribution in [0, 0.1) is 5.82 Å². The maximum Gasteiger partial charge on any atom is 0.128 e. The van der Waals surface area contributed by atoms with Crippen molar-refractivity contribution in [1.29, 1.82) is 0 Å². The lowest BCUT2D eigenvalue weighted by Gasteiger charge is -2.25. The number of nitrogens with zero attached hydrogens (tertiary/aromatic N) is 5. The average molecular weight is 393 g/mol. The molecule has 0 fully saturated rings. The predicted molar refractivity (Wildman–Crippen MR) is 109 cm³/mol. The first-order valence-electron chi connectivity index (χ1n) is 9.06. The number of hydrogen-bond acceptors (Lipinski definition) is 6. The molecular formula is C21H20FN5O2. The first kappa shape index (κ1) is 18.8. The van der Waals surface area contributed by atoms with E-state index in [0.717, 1.165) is 16.8 Å². The Morgan fingerprint density at radius 2 is 1.97 bits per heavy atom. The zero-order chi connectivity index (χ0) is 20.4. The maximum absolute atomic E-state index is 14.0. The Morgan fingerprint density at radius 1 is 1.10 bits per heavy atom. The van der Waals surface area contributed by atoms with Crippen molar-refractivity contribution in [1.82, 2.24) is 19.7 Å². The lowest BCUT2D eigenvalue weighted by Crippen LogP contribution is -2.21. The number of aliphatic hydroxyl groups excluding tert-OH is 1. The maximum atomic E-state index is 14.0. The molecule has 0 aliphatic carbocycles. The van der Waals surface area contributed by atoms with Crippen LogP contribution in [0.1, 0.15) is 0 Å². The molecule has 8 heteroatoms. The van der Waals surface area contributed by atoms with Crippen LogP contribution in [0.4, 0.5) is 15.8 Å². The number of anilines is 2. The molecule has 0 bridgehead atoms. The predicted octanol–water partition coefficient (Wildman–Crippen LogP) is 3.31. The van der Waals surface area contributed by atoms with Gasteiger partial charge in [-0.3, -0.25) is 9.67 Å². The number of halogens is 1. The molecule has 2 aromatic heterocycles. The smallest absolute Gasteiger partial charge is 0.128 e. The molecule has 0 aliphatic rings. The summed E-state index contributed by atoms with van der Waals surface area (Å²) in [7, 11) is 3.33. The van der Waals surface area contributed by atoms with Gasteiger partial charge in [-0.2, -0.15) is 5.10 Å². The van der Waals surface area contributed by atoms with E-state index in [1.54, 1.807) is 23.1 Å². The van der Waals surface area contributed by atoms with Gasteiger partial charge in [0.1, 0.15) is 11.6 Å². The van der Waals surface area contributed by atoms with Gasteiger partial charge in [-0.1, -0.05) is 0 Å². The van der Waals surface area contributed by atoms with Crippen LogP contribution in [0.3, 0.4) is 0 Å². The van der Waals surface area contributed by atoms with Gasteiger partial charge in [0.2, 0.25) is 0 Å². The summed E-state index contributed by atoms with van der Waals surface area (Å²) in [4.78, 5) is 11.0. The second-order valence-corrected chi connectivity index (χ2v) is 6.56. The Hall–Kier alpha value is -3.52. The largest absolute Gasteiger partial charge is 0.497 e. The summed E-state index contributed by atoms with van der Waals surface area (Å²) in [6.45, 7) is 0.187. The molecule has 4 aromatic rings. The molecule has 0 atom stereocenters. The number of ether oxygens (including phenoxy) is 1. The van der Waals surface area contributed by atoms with Gasteiger partial charge in [-0.25, -0.2) is 9.37 Å². The Balaban J connectivity index is 1.78. The highest BCUT2D eigenvalue weighted by atomic mass is 19.1. The molecule has 0 saturated heterocycles. The second-order valence-electron chi connectivity index (χ2n) is 6.56. The first-order chi connectivity index (χ1) is 14.1. The van der Waals surface area contributed by atoms with Crippen molar-refractivity contribution in [3.63, 3.8) is 0 Å². The quantitative estimate of drug-likeness (QED) is 0.542. The van der Waals surface area contributed by atoms with E-state index in [0.29, 0.717) is 22.6 Å². The van der Waals surface area contributed by atoms with Crippen molar-refractivity contribution in [3.8, 4) is 17.0 Å². The summed E-state index contributed by atoms with van der Waals surface area (Å²) in [6.07, 6.45) is 5.31. The van der Waals surface area contributed by atoms with Crippen LogP contribution in [0.15, 0.2) is 55.0 Å². The number of aliphatic hydroxyl groups is 1. The van der Waals surface area contributed by atoms with E-state index in [9.17, 15) is 9.50 Å². The van der Waals surface area contributed by atoms with Gasteiger partial charge in [-0.05, 0) is 24.3 Å². The summed E-state index contributed by atoms with van der Waals surface area (Å²) < 4.78 is 20.9. The molecule has 2 heterocycles. The van der Waals surface area contributed by atoms with Gasteiger partial charge < -0.3 is 14.7 Å². The zero-order valence-corrected chi connectivity index (χ0v) is 16.1. The normalized spacial score (nSPS) is 11.0. The van der Waals surface area contributed by atoms with E-state index >= 15 is 0 Å². The number of methoxy groups -OCH3 is 1. The van der Waals surface area contributed by atoms with Crippen molar-refractivity contribution < 1.29 is 14.2 Å². The monoisotopic (exact) mass is 393 g/mol. The molecule has 0 aliphatic heterocycles. The molecule has 0 amide bonds. The number of benzene rings is 2. The van der Waals surface area contributed by atoms with Crippen LogP contribution >= 0.6 is 0 Å². The van der Waals surface area contributed by atoms with Gasteiger partial charge in [0.05, 0.1) is 42.8 Å².